The van der Waals surface area contributed by atoms with Crippen LogP contribution < -0.4 is 5.32 Å². The number of rotatable bonds is 7. The maximum absolute atomic E-state index is 12.0. The van der Waals surface area contributed by atoms with Crippen LogP contribution in [0, 0.1) is 5.92 Å². The van der Waals surface area contributed by atoms with Gasteiger partial charge in [-0.2, -0.15) is 0 Å². The molecule has 0 saturated carbocycles. The van der Waals surface area contributed by atoms with Crippen molar-refractivity contribution in [3.05, 3.63) is 35.9 Å². The Balaban J connectivity index is 2.73. The Morgan fingerprint density at radius 1 is 1.32 bits per heavy atom. The zero-order valence-corrected chi connectivity index (χ0v) is 11.8. The van der Waals surface area contributed by atoms with Crippen LogP contribution in [0.5, 0.6) is 0 Å². The van der Waals surface area contributed by atoms with Crippen molar-refractivity contribution < 1.29 is 14.6 Å². The molecular formula is C15H23NO3. The average molecular weight is 265 g/mol. The number of nitrogens with one attached hydrogen (secondary N) is 1. The van der Waals surface area contributed by atoms with Crippen molar-refractivity contribution in [3.63, 3.8) is 0 Å². The number of carbonyl (C=O) groups excluding carboxylic acids is 1. The van der Waals surface area contributed by atoms with Gasteiger partial charge >= 0.3 is 5.97 Å². The standard InChI is InChI=1S/C15H23NO3/c1-4-19-15(18)14(12-8-6-5-7-9-12)16-10-13(17)11(2)3/h5-9,11,13-14,16-17H,4,10H2,1-3H3. The molecule has 0 bridgehead atoms. The lowest BCUT2D eigenvalue weighted by Gasteiger charge is -2.21. The zero-order chi connectivity index (χ0) is 14.3. The van der Waals surface area contributed by atoms with Crippen LogP contribution in [0.4, 0.5) is 0 Å². The van der Waals surface area contributed by atoms with E-state index < -0.39 is 12.1 Å². The lowest BCUT2D eigenvalue weighted by atomic mass is 10.0. The van der Waals surface area contributed by atoms with Gasteiger partial charge in [-0.1, -0.05) is 44.2 Å². The van der Waals surface area contributed by atoms with Crippen LogP contribution in [-0.2, 0) is 9.53 Å². The van der Waals surface area contributed by atoms with Crippen molar-refractivity contribution in [1.82, 2.24) is 5.32 Å². The molecule has 2 atom stereocenters. The van der Waals surface area contributed by atoms with E-state index in [-0.39, 0.29) is 11.9 Å². The minimum absolute atomic E-state index is 0.145. The van der Waals surface area contributed by atoms with Crippen LogP contribution >= 0.6 is 0 Å². The number of esters is 1. The van der Waals surface area contributed by atoms with Crippen molar-refractivity contribution in [3.8, 4) is 0 Å². The van der Waals surface area contributed by atoms with Crippen LogP contribution in [0.15, 0.2) is 30.3 Å². The predicted molar refractivity (Wildman–Crippen MR) is 74.7 cm³/mol. The third-order valence-electron chi connectivity index (χ3n) is 2.96. The highest BCUT2D eigenvalue weighted by Crippen LogP contribution is 2.15. The summed E-state index contributed by atoms with van der Waals surface area (Å²) in [5.41, 5.74) is 0.844. The first-order valence-corrected chi connectivity index (χ1v) is 6.69. The predicted octanol–water partition coefficient (Wildman–Crippen LogP) is 1.90. The normalized spacial score (nSPS) is 14.2. The maximum atomic E-state index is 12.0. The van der Waals surface area contributed by atoms with Gasteiger partial charge in [-0.05, 0) is 18.4 Å². The Kier molecular flexibility index (Phi) is 6.53. The Bertz CT molecular complexity index is 378. The van der Waals surface area contributed by atoms with Gasteiger partial charge in [0, 0.05) is 6.54 Å². The van der Waals surface area contributed by atoms with Crippen LogP contribution in [0.2, 0.25) is 0 Å². The molecule has 0 fully saturated rings. The van der Waals surface area contributed by atoms with Crippen molar-refractivity contribution in [2.45, 2.75) is 32.9 Å². The molecule has 2 unspecified atom stereocenters. The summed E-state index contributed by atoms with van der Waals surface area (Å²) in [5.74, 6) is -0.171. The SMILES string of the molecule is CCOC(=O)C(NCC(O)C(C)C)c1ccccc1. The van der Waals surface area contributed by atoms with Crippen molar-refractivity contribution >= 4 is 5.97 Å². The van der Waals surface area contributed by atoms with Gasteiger partial charge in [0.05, 0.1) is 12.7 Å². The number of hydrogen-bond donors (Lipinski definition) is 2. The van der Waals surface area contributed by atoms with Crippen LogP contribution in [0.1, 0.15) is 32.4 Å². The fraction of sp³-hybridized carbons (Fsp3) is 0.533. The molecule has 0 aliphatic rings. The Morgan fingerprint density at radius 2 is 1.95 bits per heavy atom. The number of carbonyl (C=O) groups is 1. The Hall–Kier alpha value is -1.39. The van der Waals surface area contributed by atoms with Crippen molar-refractivity contribution in [2.75, 3.05) is 13.2 Å². The zero-order valence-electron chi connectivity index (χ0n) is 11.8. The molecule has 4 heteroatoms. The molecule has 1 aromatic rings. The van der Waals surface area contributed by atoms with Crippen LogP contribution in [0.3, 0.4) is 0 Å². The molecule has 1 rings (SSSR count). The molecule has 1 aromatic carbocycles. The lowest BCUT2D eigenvalue weighted by Crippen LogP contribution is -2.37. The van der Waals surface area contributed by atoms with Gasteiger partial charge < -0.3 is 9.84 Å². The van der Waals surface area contributed by atoms with E-state index >= 15 is 0 Å². The molecule has 4 nitrogen and oxygen atoms in total. The molecule has 0 saturated heterocycles. The summed E-state index contributed by atoms with van der Waals surface area (Å²) in [4.78, 5) is 12.0. The molecule has 0 aliphatic carbocycles. The molecule has 0 amide bonds. The molecule has 0 spiro atoms. The summed E-state index contributed by atoms with van der Waals surface area (Å²) in [6.07, 6.45) is -0.486. The first kappa shape index (κ1) is 15.7. The number of aliphatic hydroxyl groups excluding tert-OH is 1. The van der Waals surface area contributed by atoms with Gasteiger partial charge in [0.1, 0.15) is 6.04 Å². The second kappa shape index (κ2) is 7.92. The van der Waals surface area contributed by atoms with Crippen molar-refractivity contribution in [2.24, 2.45) is 5.92 Å². The summed E-state index contributed by atoms with van der Waals surface area (Å²) < 4.78 is 5.07. The topological polar surface area (TPSA) is 58.6 Å². The van der Waals surface area contributed by atoms with E-state index in [9.17, 15) is 9.90 Å². The van der Waals surface area contributed by atoms with Gasteiger partial charge in [0.15, 0.2) is 0 Å². The van der Waals surface area contributed by atoms with Crippen LogP contribution in [-0.4, -0.2) is 30.3 Å². The third kappa shape index (κ3) is 5.01. The third-order valence-corrected chi connectivity index (χ3v) is 2.96. The minimum Gasteiger partial charge on any atom is -0.465 e. The summed E-state index contributed by atoms with van der Waals surface area (Å²) in [5, 5.41) is 12.9. The van der Waals surface area contributed by atoms with Gasteiger partial charge in [-0.3, -0.25) is 5.32 Å². The molecule has 0 radical (unpaired) electrons. The highest BCUT2D eigenvalue weighted by Gasteiger charge is 2.22. The highest BCUT2D eigenvalue weighted by atomic mass is 16.5. The van der Waals surface area contributed by atoms with E-state index in [1.165, 1.54) is 0 Å². The van der Waals surface area contributed by atoms with E-state index in [0.29, 0.717) is 13.2 Å². The number of hydrogen-bond acceptors (Lipinski definition) is 4. The molecule has 106 valence electrons. The summed E-state index contributed by atoms with van der Waals surface area (Å²) >= 11 is 0. The largest absolute Gasteiger partial charge is 0.465 e. The first-order chi connectivity index (χ1) is 9.06. The fourth-order valence-electron chi connectivity index (χ4n) is 1.68. The van der Waals surface area contributed by atoms with Gasteiger partial charge in [-0.15, -0.1) is 0 Å². The quantitative estimate of drug-likeness (QED) is 0.739. The summed E-state index contributed by atoms with van der Waals surface area (Å²) in [7, 11) is 0. The molecule has 0 aromatic heterocycles. The second-order valence-electron chi connectivity index (χ2n) is 4.82. The monoisotopic (exact) mass is 265 g/mol. The maximum Gasteiger partial charge on any atom is 0.327 e. The van der Waals surface area contributed by atoms with E-state index in [1.54, 1.807) is 6.92 Å². The van der Waals surface area contributed by atoms with Gasteiger partial charge in [0.25, 0.3) is 0 Å². The van der Waals surface area contributed by atoms with Gasteiger partial charge in [0.2, 0.25) is 0 Å². The number of ether oxygens (including phenoxy) is 1. The minimum atomic E-state index is -0.533. The Morgan fingerprint density at radius 3 is 2.47 bits per heavy atom. The number of benzene rings is 1. The van der Waals surface area contributed by atoms with E-state index in [1.807, 2.05) is 44.2 Å². The Labute approximate surface area is 114 Å². The van der Waals surface area contributed by atoms with Gasteiger partial charge in [-0.25, -0.2) is 4.79 Å². The lowest BCUT2D eigenvalue weighted by molar-refractivity contribution is -0.146. The van der Waals surface area contributed by atoms with E-state index in [2.05, 4.69) is 5.32 Å². The molecule has 0 aliphatic heterocycles. The van der Waals surface area contributed by atoms with E-state index in [0.717, 1.165) is 5.56 Å². The van der Waals surface area contributed by atoms with Crippen LogP contribution in [0.25, 0.3) is 0 Å². The van der Waals surface area contributed by atoms with E-state index in [4.69, 9.17) is 4.74 Å². The fourth-order valence-corrected chi connectivity index (χ4v) is 1.68. The molecule has 0 heterocycles. The number of aliphatic hydroxyl groups is 1. The smallest absolute Gasteiger partial charge is 0.327 e. The molecular weight excluding hydrogens is 242 g/mol. The average Bonchev–Trinajstić information content (AvgIpc) is 2.40. The van der Waals surface area contributed by atoms with Crippen molar-refractivity contribution in [1.29, 1.82) is 0 Å². The highest BCUT2D eigenvalue weighted by molar-refractivity contribution is 5.77. The summed E-state index contributed by atoms with van der Waals surface area (Å²) in [6, 6.07) is 8.86. The molecule has 19 heavy (non-hydrogen) atoms. The summed E-state index contributed by atoms with van der Waals surface area (Å²) in [6.45, 7) is 6.36. The molecule has 2 N–H and O–H groups in total. The second-order valence-corrected chi connectivity index (χ2v) is 4.82. The first-order valence-electron chi connectivity index (χ1n) is 6.69.